The fourth-order valence-corrected chi connectivity index (χ4v) is 2.52. The molecule has 0 aromatic heterocycles. The quantitative estimate of drug-likeness (QED) is 0.459. The molecule has 5 nitrogen and oxygen atoms in total. The number of hydrogen-bond acceptors (Lipinski definition) is 4. The van der Waals surface area contributed by atoms with E-state index in [1.54, 1.807) is 0 Å². The number of imide groups is 1. The first-order valence-corrected chi connectivity index (χ1v) is 7.65. The summed E-state index contributed by atoms with van der Waals surface area (Å²) >= 11 is 0. The standard InChI is InChI=1S/C18H21NO4/c1-12(2)9-15(19-16(20)10-13(3)17(19)21)18(22)23-11-14-7-5-4-6-8-14/h4-8,12,15H,3,9-11H2,1-2H3/t15-/m0/s1. The Morgan fingerprint density at radius 1 is 1.26 bits per heavy atom. The normalized spacial score (nSPS) is 16.1. The van der Waals surface area contributed by atoms with Gasteiger partial charge in [-0.2, -0.15) is 0 Å². The van der Waals surface area contributed by atoms with Gasteiger partial charge in [0.05, 0.1) is 6.42 Å². The molecule has 0 aliphatic carbocycles. The van der Waals surface area contributed by atoms with Gasteiger partial charge in [-0.15, -0.1) is 0 Å². The maximum Gasteiger partial charge on any atom is 0.329 e. The average molecular weight is 315 g/mol. The molecule has 0 spiro atoms. The minimum Gasteiger partial charge on any atom is -0.459 e. The highest BCUT2D eigenvalue weighted by atomic mass is 16.5. The van der Waals surface area contributed by atoms with E-state index in [0.29, 0.717) is 6.42 Å². The van der Waals surface area contributed by atoms with Crippen molar-refractivity contribution in [2.45, 2.75) is 39.3 Å². The predicted octanol–water partition coefficient (Wildman–Crippen LogP) is 2.46. The Hall–Kier alpha value is -2.43. The lowest BCUT2D eigenvalue weighted by Crippen LogP contribution is -2.46. The van der Waals surface area contributed by atoms with Crippen LogP contribution in [0.25, 0.3) is 0 Å². The molecule has 0 saturated carbocycles. The van der Waals surface area contributed by atoms with Gasteiger partial charge in [-0.25, -0.2) is 4.79 Å². The molecule has 23 heavy (non-hydrogen) atoms. The Labute approximate surface area is 135 Å². The van der Waals surface area contributed by atoms with Crippen LogP contribution >= 0.6 is 0 Å². The third-order valence-corrected chi connectivity index (χ3v) is 3.66. The minimum absolute atomic E-state index is 0.0284. The summed E-state index contributed by atoms with van der Waals surface area (Å²) in [4.78, 5) is 37.6. The monoisotopic (exact) mass is 315 g/mol. The first-order chi connectivity index (χ1) is 10.9. The van der Waals surface area contributed by atoms with E-state index in [2.05, 4.69) is 6.58 Å². The van der Waals surface area contributed by atoms with Gasteiger partial charge in [0, 0.05) is 5.57 Å². The van der Waals surface area contributed by atoms with Crippen LogP contribution in [0.1, 0.15) is 32.3 Å². The van der Waals surface area contributed by atoms with Crippen LogP contribution in [0.15, 0.2) is 42.5 Å². The Bertz CT molecular complexity index is 621. The molecule has 0 N–H and O–H groups in total. The van der Waals surface area contributed by atoms with Crippen LogP contribution in [0.5, 0.6) is 0 Å². The molecule has 1 aliphatic rings. The van der Waals surface area contributed by atoms with Crippen molar-refractivity contribution in [3.05, 3.63) is 48.0 Å². The molecule has 2 rings (SSSR count). The van der Waals surface area contributed by atoms with Gasteiger partial charge in [0.15, 0.2) is 0 Å². The summed E-state index contributed by atoms with van der Waals surface area (Å²) in [5.74, 6) is -1.28. The first kappa shape index (κ1) is 16.9. The van der Waals surface area contributed by atoms with Crippen molar-refractivity contribution in [3.63, 3.8) is 0 Å². The average Bonchev–Trinajstić information content (AvgIpc) is 2.76. The number of hydrogen-bond donors (Lipinski definition) is 0. The van der Waals surface area contributed by atoms with Gasteiger partial charge in [0.25, 0.3) is 5.91 Å². The van der Waals surface area contributed by atoms with Gasteiger partial charge >= 0.3 is 5.97 Å². The van der Waals surface area contributed by atoms with Crippen molar-refractivity contribution in [2.24, 2.45) is 5.92 Å². The van der Waals surface area contributed by atoms with Gasteiger partial charge < -0.3 is 4.74 Å². The van der Waals surface area contributed by atoms with E-state index in [9.17, 15) is 14.4 Å². The lowest BCUT2D eigenvalue weighted by molar-refractivity contribution is -0.159. The highest BCUT2D eigenvalue weighted by Gasteiger charge is 2.41. The van der Waals surface area contributed by atoms with Crippen LogP contribution in [0.3, 0.4) is 0 Å². The Balaban J connectivity index is 2.11. The summed E-state index contributed by atoms with van der Waals surface area (Å²) in [5, 5.41) is 0. The number of esters is 1. The smallest absolute Gasteiger partial charge is 0.329 e. The maximum atomic E-state index is 12.4. The van der Waals surface area contributed by atoms with E-state index in [4.69, 9.17) is 4.74 Å². The van der Waals surface area contributed by atoms with E-state index >= 15 is 0 Å². The second-order valence-electron chi connectivity index (χ2n) is 6.09. The van der Waals surface area contributed by atoms with Gasteiger partial charge in [0.2, 0.25) is 5.91 Å². The third-order valence-electron chi connectivity index (χ3n) is 3.66. The Morgan fingerprint density at radius 3 is 2.43 bits per heavy atom. The van der Waals surface area contributed by atoms with E-state index < -0.39 is 17.9 Å². The number of benzene rings is 1. The van der Waals surface area contributed by atoms with Crippen LogP contribution in [-0.2, 0) is 25.7 Å². The highest BCUT2D eigenvalue weighted by molar-refractivity contribution is 6.14. The lowest BCUT2D eigenvalue weighted by atomic mass is 10.0. The van der Waals surface area contributed by atoms with Crippen LogP contribution < -0.4 is 0 Å². The molecular weight excluding hydrogens is 294 g/mol. The molecule has 1 aromatic carbocycles. The molecular formula is C18H21NO4. The molecule has 0 unspecified atom stereocenters. The lowest BCUT2D eigenvalue weighted by Gasteiger charge is -2.25. The van der Waals surface area contributed by atoms with Crippen LogP contribution in [0.4, 0.5) is 0 Å². The van der Waals surface area contributed by atoms with Crippen molar-refractivity contribution in [3.8, 4) is 0 Å². The largest absolute Gasteiger partial charge is 0.459 e. The van der Waals surface area contributed by atoms with Crippen LogP contribution in [0, 0.1) is 5.92 Å². The van der Waals surface area contributed by atoms with Gasteiger partial charge in [-0.1, -0.05) is 50.8 Å². The highest BCUT2D eigenvalue weighted by Crippen LogP contribution is 2.24. The second kappa shape index (κ2) is 7.22. The second-order valence-corrected chi connectivity index (χ2v) is 6.09. The number of amides is 2. The van der Waals surface area contributed by atoms with Crippen molar-refractivity contribution in [1.82, 2.24) is 4.90 Å². The van der Waals surface area contributed by atoms with Crippen molar-refractivity contribution < 1.29 is 19.1 Å². The van der Waals surface area contributed by atoms with Crippen LogP contribution in [-0.4, -0.2) is 28.7 Å². The van der Waals surface area contributed by atoms with E-state index in [-0.39, 0.29) is 30.4 Å². The zero-order chi connectivity index (χ0) is 17.0. The maximum absolute atomic E-state index is 12.4. The zero-order valence-corrected chi connectivity index (χ0v) is 13.5. The van der Waals surface area contributed by atoms with Crippen molar-refractivity contribution in [2.75, 3.05) is 0 Å². The van der Waals surface area contributed by atoms with Crippen molar-refractivity contribution in [1.29, 1.82) is 0 Å². The minimum atomic E-state index is -0.891. The number of carbonyl (C=O) groups excluding carboxylic acids is 3. The van der Waals surface area contributed by atoms with E-state index in [0.717, 1.165) is 10.5 Å². The fraction of sp³-hybridized carbons (Fsp3) is 0.389. The molecule has 1 fully saturated rings. The zero-order valence-electron chi connectivity index (χ0n) is 13.5. The number of rotatable bonds is 6. The molecule has 1 atom stereocenters. The molecule has 1 aromatic rings. The molecule has 2 amide bonds. The number of likely N-dealkylation sites (tertiary alicyclic amines) is 1. The molecule has 0 bridgehead atoms. The fourth-order valence-electron chi connectivity index (χ4n) is 2.52. The SMILES string of the molecule is C=C1CC(=O)N([C@@H](CC(C)C)C(=O)OCc2ccccc2)C1=O. The molecule has 122 valence electrons. The summed E-state index contributed by atoms with van der Waals surface area (Å²) < 4.78 is 5.32. The number of carbonyl (C=O) groups is 3. The summed E-state index contributed by atoms with van der Waals surface area (Å²) in [5.41, 5.74) is 1.08. The topological polar surface area (TPSA) is 63.7 Å². The molecule has 1 aliphatic heterocycles. The Morgan fingerprint density at radius 2 is 1.91 bits per heavy atom. The molecule has 5 heteroatoms. The summed E-state index contributed by atoms with van der Waals surface area (Å²) in [6.07, 6.45) is 0.345. The molecule has 1 heterocycles. The van der Waals surface area contributed by atoms with Gasteiger partial charge in [-0.05, 0) is 17.9 Å². The third kappa shape index (κ3) is 4.06. The first-order valence-electron chi connectivity index (χ1n) is 7.65. The summed E-state index contributed by atoms with van der Waals surface area (Å²) in [6, 6.07) is 8.38. The summed E-state index contributed by atoms with van der Waals surface area (Å²) in [6.45, 7) is 7.56. The van der Waals surface area contributed by atoms with E-state index in [1.165, 1.54) is 0 Å². The molecule has 0 radical (unpaired) electrons. The van der Waals surface area contributed by atoms with Crippen molar-refractivity contribution >= 4 is 17.8 Å². The van der Waals surface area contributed by atoms with E-state index in [1.807, 2.05) is 44.2 Å². The van der Waals surface area contributed by atoms with Gasteiger partial charge in [-0.3, -0.25) is 14.5 Å². The molecule has 1 saturated heterocycles. The number of ether oxygens (including phenoxy) is 1. The number of nitrogens with zero attached hydrogens (tertiary/aromatic N) is 1. The van der Waals surface area contributed by atoms with Gasteiger partial charge in [0.1, 0.15) is 12.6 Å². The van der Waals surface area contributed by atoms with Crippen LogP contribution in [0.2, 0.25) is 0 Å². The summed E-state index contributed by atoms with van der Waals surface area (Å²) in [7, 11) is 0. The predicted molar refractivity (Wildman–Crippen MR) is 85.1 cm³/mol. The Kier molecular flexibility index (Phi) is 5.32.